The van der Waals surface area contributed by atoms with Gasteiger partial charge in [0.2, 0.25) is 0 Å². The van der Waals surface area contributed by atoms with Crippen LogP contribution in [-0.4, -0.2) is 42.6 Å². The lowest BCUT2D eigenvalue weighted by molar-refractivity contribution is 0.0519. The summed E-state index contributed by atoms with van der Waals surface area (Å²) in [7, 11) is 0. The van der Waals surface area contributed by atoms with E-state index in [0.29, 0.717) is 11.7 Å². The Balaban J connectivity index is 1.36. The Labute approximate surface area is 155 Å². The molecule has 0 N–H and O–H groups in total. The van der Waals surface area contributed by atoms with E-state index >= 15 is 0 Å². The van der Waals surface area contributed by atoms with Crippen molar-refractivity contribution in [2.45, 2.75) is 43.8 Å². The van der Waals surface area contributed by atoms with Crippen LogP contribution in [0.25, 0.3) is 10.6 Å². The summed E-state index contributed by atoms with van der Waals surface area (Å²) in [6.45, 7) is 0. The lowest BCUT2D eigenvalue weighted by atomic mass is 9.97. The standard InChI is InChI=1S/C19H19N5OS/c25-19(17-10-26-18(22-17)13-4-2-1-3-5-13)24-14-6-7-15(24)9-16(8-14)23-12-20-11-21-23/h1-5,10-12,14-16H,6-9H2. The van der Waals surface area contributed by atoms with Crippen LogP contribution in [-0.2, 0) is 0 Å². The molecule has 2 fully saturated rings. The van der Waals surface area contributed by atoms with E-state index < -0.39 is 0 Å². The predicted molar refractivity (Wildman–Crippen MR) is 98.8 cm³/mol. The van der Waals surface area contributed by atoms with Gasteiger partial charge in [-0.25, -0.2) is 14.6 Å². The second-order valence-electron chi connectivity index (χ2n) is 7.00. The summed E-state index contributed by atoms with van der Waals surface area (Å²) in [6.07, 6.45) is 7.39. The van der Waals surface area contributed by atoms with Crippen LogP contribution in [0, 0.1) is 0 Å². The summed E-state index contributed by atoms with van der Waals surface area (Å²) in [5.74, 6) is 0.0768. The van der Waals surface area contributed by atoms with E-state index in [2.05, 4.69) is 20.0 Å². The number of hydrogen-bond donors (Lipinski definition) is 0. The van der Waals surface area contributed by atoms with Gasteiger partial charge in [0.1, 0.15) is 23.4 Å². The molecule has 0 radical (unpaired) electrons. The Morgan fingerprint density at radius 1 is 1.08 bits per heavy atom. The Morgan fingerprint density at radius 3 is 2.54 bits per heavy atom. The van der Waals surface area contributed by atoms with Gasteiger partial charge in [-0.1, -0.05) is 30.3 Å². The number of thiazole rings is 1. The van der Waals surface area contributed by atoms with Crippen LogP contribution < -0.4 is 0 Å². The molecule has 3 aromatic rings. The van der Waals surface area contributed by atoms with Crippen LogP contribution >= 0.6 is 11.3 Å². The maximum atomic E-state index is 13.1. The quantitative estimate of drug-likeness (QED) is 0.713. The Hall–Kier alpha value is -2.54. The van der Waals surface area contributed by atoms with Gasteiger partial charge in [0.15, 0.2) is 0 Å². The molecule has 2 saturated heterocycles. The molecule has 1 amide bonds. The predicted octanol–water partition coefficient (Wildman–Crippen LogP) is 3.41. The lowest BCUT2D eigenvalue weighted by Gasteiger charge is -2.38. The summed E-state index contributed by atoms with van der Waals surface area (Å²) in [6, 6.07) is 10.9. The third-order valence-electron chi connectivity index (χ3n) is 5.50. The molecule has 0 saturated carbocycles. The van der Waals surface area contributed by atoms with Crippen molar-refractivity contribution < 1.29 is 4.79 Å². The number of nitrogens with zero attached hydrogens (tertiary/aromatic N) is 5. The van der Waals surface area contributed by atoms with Crippen LogP contribution in [0.4, 0.5) is 0 Å². The number of benzene rings is 1. The van der Waals surface area contributed by atoms with Crippen molar-refractivity contribution >= 4 is 17.2 Å². The summed E-state index contributed by atoms with van der Waals surface area (Å²) in [5, 5.41) is 7.09. The van der Waals surface area contributed by atoms with Gasteiger partial charge in [0.05, 0.1) is 6.04 Å². The number of aromatic nitrogens is 4. The third-order valence-corrected chi connectivity index (χ3v) is 6.39. The Kier molecular flexibility index (Phi) is 3.81. The van der Waals surface area contributed by atoms with Crippen molar-refractivity contribution in [2.24, 2.45) is 0 Å². The summed E-state index contributed by atoms with van der Waals surface area (Å²) in [4.78, 5) is 23.9. The normalized spacial score (nSPS) is 24.8. The van der Waals surface area contributed by atoms with Crippen LogP contribution in [0.5, 0.6) is 0 Å². The van der Waals surface area contributed by atoms with E-state index in [1.165, 1.54) is 11.3 Å². The van der Waals surface area contributed by atoms with Crippen molar-refractivity contribution in [3.63, 3.8) is 0 Å². The van der Waals surface area contributed by atoms with Gasteiger partial charge >= 0.3 is 0 Å². The van der Waals surface area contributed by atoms with Gasteiger partial charge in [-0.05, 0) is 25.7 Å². The van der Waals surface area contributed by atoms with Crippen molar-refractivity contribution in [3.05, 3.63) is 54.1 Å². The SMILES string of the molecule is O=C(c1csc(-c2ccccc2)n1)N1C2CCC1CC(n1cncn1)C2. The average Bonchev–Trinajstić information content (AvgIpc) is 3.42. The molecule has 2 bridgehead atoms. The zero-order valence-corrected chi connectivity index (χ0v) is 15.0. The first kappa shape index (κ1) is 15.7. The molecule has 2 aromatic heterocycles. The van der Waals surface area contributed by atoms with Crippen molar-refractivity contribution in [1.82, 2.24) is 24.6 Å². The molecule has 26 heavy (non-hydrogen) atoms. The van der Waals surface area contributed by atoms with Gasteiger partial charge in [0.25, 0.3) is 5.91 Å². The molecule has 2 aliphatic heterocycles. The number of fused-ring (bicyclic) bond motifs is 2. The molecule has 2 atom stereocenters. The molecule has 0 spiro atoms. The van der Waals surface area contributed by atoms with Crippen LogP contribution in [0.15, 0.2) is 48.4 Å². The number of carbonyl (C=O) groups is 1. The van der Waals surface area contributed by atoms with E-state index in [-0.39, 0.29) is 18.0 Å². The first-order chi connectivity index (χ1) is 12.8. The first-order valence-corrected chi connectivity index (χ1v) is 9.85. The van der Waals surface area contributed by atoms with Gasteiger partial charge in [-0.3, -0.25) is 4.79 Å². The molecular weight excluding hydrogens is 346 g/mol. The average molecular weight is 365 g/mol. The van der Waals surface area contributed by atoms with E-state index in [4.69, 9.17) is 0 Å². The summed E-state index contributed by atoms with van der Waals surface area (Å²) in [5.41, 5.74) is 1.63. The van der Waals surface area contributed by atoms with Gasteiger partial charge in [-0.2, -0.15) is 5.10 Å². The largest absolute Gasteiger partial charge is 0.331 e. The lowest BCUT2D eigenvalue weighted by Crippen LogP contribution is -2.47. The van der Waals surface area contributed by atoms with Gasteiger partial charge in [0, 0.05) is 23.0 Å². The number of carbonyl (C=O) groups excluding carboxylic acids is 1. The highest BCUT2D eigenvalue weighted by Gasteiger charge is 2.44. The number of rotatable bonds is 3. The molecule has 7 heteroatoms. The highest BCUT2D eigenvalue weighted by Crippen LogP contribution is 2.41. The van der Waals surface area contributed by atoms with Crippen molar-refractivity contribution in [3.8, 4) is 10.6 Å². The second kappa shape index (κ2) is 6.32. The van der Waals surface area contributed by atoms with Gasteiger partial charge < -0.3 is 4.90 Å². The van der Waals surface area contributed by atoms with E-state index in [1.807, 2.05) is 40.4 Å². The molecule has 4 heterocycles. The molecule has 5 rings (SSSR count). The first-order valence-electron chi connectivity index (χ1n) is 8.97. The molecule has 132 valence electrons. The number of piperidine rings is 1. The van der Waals surface area contributed by atoms with Gasteiger partial charge in [-0.15, -0.1) is 11.3 Å². The fourth-order valence-electron chi connectivity index (χ4n) is 4.32. The minimum Gasteiger partial charge on any atom is -0.331 e. The minimum atomic E-state index is 0.0768. The van der Waals surface area contributed by atoms with Crippen LogP contribution in [0.1, 0.15) is 42.2 Å². The Bertz CT molecular complexity index is 893. The van der Waals surface area contributed by atoms with E-state index in [0.717, 1.165) is 36.3 Å². The fraction of sp³-hybridized carbons (Fsp3) is 0.368. The maximum Gasteiger partial charge on any atom is 0.273 e. The minimum absolute atomic E-state index is 0.0768. The number of amides is 1. The highest BCUT2D eigenvalue weighted by molar-refractivity contribution is 7.13. The zero-order chi connectivity index (χ0) is 17.5. The fourth-order valence-corrected chi connectivity index (χ4v) is 5.12. The molecule has 0 aliphatic carbocycles. The summed E-state index contributed by atoms with van der Waals surface area (Å²) < 4.78 is 1.95. The smallest absolute Gasteiger partial charge is 0.273 e. The van der Waals surface area contributed by atoms with Crippen molar-refractivity contribution in [2.75, 3.05) is 0 Å². The molecule has 6 nitrogen and oxygen atoms in total. The number of hydrogen-bond acceptors (Lipinski definition) is 5. The van der Waals surface area contributed by atoms with E-state index in [1.54, 1.807) is 12.7 Å². The molecule has 1 aromatic carbocycles. The molecular formula is C19H19N5OS. The highest BCUT2D eigenvalue weighted by atomic mass is 32.1. The van der Waals surface area contributed by atoms with E-state index in [9.17, 15) is 4.79 Å². The monoisotopic (exact) mass is 365 g/mol. The van der Waals surface area contributed by atoms with Crippen LogP contribution in [0.2, 0.25) is 0 Å². The molecule has 2 aliphatic rings. The molecule has 2 unspecified atom stereocenters. The van der Waals surface area contributed by atoms with Crippen LogP contribution in [0.3, 0.4) is 0 Å². The second-order valence-corrected chi connectivity index (χ2v) is 7.86. The summed E-state index contributed by atoms with van der Waals surface area (Å²) >= 11 is 1.54. The Morgan fingerprint density at radius 2 is 1.85 bits per heavy atom. The maximum absolute atomic E-state index is 13.1. The topological polar surface area (TPSA) is 63.9 Å². The van der Waals surface area contributed by atoms with Crippen molar-refractivity contribution in [1.29, 1.82) is 0 Å². The third kappa shape index (κ3) is 2.63. The zero-order valence-electron chi connectivity index (χ0n) is 14.2.